The molecule has 2 aromatic heterocycles. The lowest BCUT2D eigenvalue weighted by atomic mass is 9.97. The van der Waals surface area contributed by atoms with E-state index in [2.05, 4.69) is 9.88 Å². The molecule has 1 amide bonds. The van der Waals surface area contributed by atoms with E-state index < -0.39 is 47.3 Å². The predicted octanol–water partition coefficient (Wildman–Crippen LogP) is 8.52. The summed E-state index contributed by atoms with van der Waals surface area (Å²) < 4.78 is 92.7. The Kier molecular flexibility index (Phi) is 8.11. The minimum Gasteiger partial charge on any atom is -0.496 e. The van der Waals surface area contributed by atoms with Crippen molar-refractivity contribution in [2.75, 3.05) is 25.1 Å². The number of pyridine rings is 1. The van der Waals surface area contributed by atoms with E-state index >= 15 is 0 Å². The van der Waals surface area contributed by atoms with Gasteiger partial charge in [-0.05, 0) is 74.4 Å². The van der Waals surface area contributed by atoms with Crippen LogP contribution in [0.5, 0.6) is 5.75 Å². The third-order valence-corrected chi connectivity index (χ3v) is 9.16. The maximum atomic E-state index is 13.6. The van der Waals surface area contributed by atoms with Crippen molar-refractivity contribution in [2.24, 2.45) is 0 Å². The molecule has 0 N–H and O–H groups in total. The van der Waals surface area contributed by atoms with Crippen LogP contribution in [-0.2, 0) is 23.6 Å². The lowest BCUT2D eigenvalue weighted by Gasteiger charge is -2.33. The van der Waals surface area contributed by atoms with Gasteiger partial charge in [-0.15, -0.1) is 11.3 Å². The number of hydrogen-bond acceptors (Lipinski definition) is 7. The highest BCUT2D eigenvalue weighted by Crippen LogP contribution is 2.43. The van der Waals surface area contributed by atoms with Crippen LogP contribution in [0.3, 0.4) is 0 Å². The summed E-state index contributed by atoms with van der Waals surface area (Å²) in [4.78, 5) is 26.0. The number of amides is 1. The molecule has 2 aromatic carbocycles. The number of aryl methyl sites for hydroxylation is 1. The summed E-state index contributed by atoms with van der Waals surface area (Å²) in [5.74, 6) is 1.22. The Bertz CT molecular complexity index is 1750. The van der Waals surface area contributed by atoms with E-state index in [1.807, 2.05) is 42.6 Å². The van der Waals surface area contributed by atoms with Gasteiger partial charge in [-0.2, -0.15) is 26.3 Å². The number of anilines is 1. The number of benzene rings is 2. The molecule has 2 aliphatic rings. The topological polar surface area (TPSA) is 67.8 Å². The molecule has 46 heavy (non-hydrogen) atoms. The minimum absolute atomic E-state index is 0.0503. The van der Waals surface area contributed by atoms with Gasteiger partial charge in [0.1, 0.15) is 22.7 Å². The van der Waals surface area contributed by atoms with Gasteiger partial charge in [0.15, 0.2) is 0 Å². The maximum Gasteiger partial charge on any atom is 0.416 e. The van der Waals surface area contributed by atoms with Crippen LogP contribution in [0.1, 0.15) is 47.5 Å². The lowest BCUT2D eigenvalue weighted by Crippen LogP contribution is -2.38. The number of halogens is 6. The molecular weight excluding hydrogens is 634 g/mol. The Labute approximate surface area is 264 Å². The Morgan fingerprint density at radius 1 is 0.957 bits per heavy atom. The molecule has 2 fully saturated rings. The molecule has 0 aliphatic carbocycles. The summed E-state index contributed by atoms with van der Waals surface area (Å²) >= 11 is 1.49. The van der Waals surface area contributed by atoms with Crippen molar-refractivity contribution < 1.29 is 40.6 Å². The Balaban J connectivity index is 1.39. The van der Waals surface area contributed by atoms with Crippen LogP contribution >= 0.6 is 11.3 Å². The van der Waals surface area contributed by atoms with Crippen LogP contribution in [0.25, 0.3) is 21.7 Å². The number of thiazole rings is 1. The van der Waals surface area contributed by atoms with Gasteiger partial charge in [-0.1, -0.05) is 0 Å². The van der Waals surface area contributed by atoms with Gasteiger partial charge in [-0.25, -0.2) is 14.8 Å². The zero-order chi connectivity index (χ0) is 33.0. The van der Waals surface area contributed by atoms with Crippen molar-refractivity contribution in [3.63, 3.8) is 0 Å². The summed E-state index contributed by atoms with van der Waals surface area (Å²) in [5, 5.41) is 2.74. The molecular formula is C32H28F6N4O3S. The number of hydrogen-bond donors (Lipinski definition) is 0. The number of nitrogens with zero attached hydrogens (tertiary/aromatic N) is 4. The number of ether oxygens (including phenoxy) is 2. The molecule has 2 saturated heterocycles. The monoisotopic (exact) mass is 662 g/mol. The zero-order valence-electron chi connectivity index (χ0n) is 24.9. The molecule has 2 aliphatic heterocycles. The first-order valence-corrected chi connectivity index (χ1v) is 15.2. The predicted molar refractivity (Wildman–Crippen MR) is 160 cm³/mol. The summed E-state index contributed by atoms with van der Waals surface area (Å²) in [5.41, 5.74) is 0.123. The van der Waals surface area contributed by atoms with E-state index in [0.717, 1.165) is 35.8 Å². The largest absolute Gasteiger partial charge is 0.496 e. The third-order valence-electron chi connectivity index (χ3n) is 8.15. The first-order valence-electron chi connectivity index (χ1n) is 14.4. The van der Waals surface area contributed by atoms with Gasteiger partial charge in [0.05, 0.1) is 36.5 Å². The Hall–Kier alpha value is -4.33. The smallest absolute Gasteiger partial charge is 0.416 e. The number of rotatable bonds is 7. The molecule has 4 aromatic rings. The second-order valence-corrected chi connectivity index (χ2v) is 12.1. The summed E-state index contributed by atoms with van der Waals surface area (Å²) in [6, 6.07) is 9.66. The highest BCUT2D eigenvalue weighted by Gasteiger charge is 2.43. The molecule has 0 radical (unpaired) electrons. The number of carbonyl (C=O) groups is 1. The zero-order valence-corrected chi connectivity index (χ0v) is 25.7. The molecule has 1 unspecified atom stereocenters. The van der Waals surface area contributed by atoms with Crippen molar-refractivity contribution >= 4 is 23.2 Å². The highest BCUT2D eigenvalue weighted by molar-refractivity contribution is 7.13. The summed E-state index contributed by atoms with van der Waals surface area (Å²) in [6.45, 7) is 4.90. The van der Waals surface area contributed by atoms with Crippen LogP contribution in [0.2, 0.25) is 0 Å². The van der Waals surface area contributed by atoms with Crippen molar-refractivity contribution in [3.8, 4) is 27.4 Å². The van der Waals surface area contributed by atoms with E-state index in [1.54, 1.807) is 0 Å². The van der Waals surface area contributed by atoms with Crippen molar-refractivity contribution in [2.45, 2.75) is 51.3 Å². The van der Waals surface area contributed by atoms with E-state index in [0.29, 0.717) is 40.5 Å². The molecule has 14 heteroatoms. The summed E-state index contributed by atoms with van der Waals surface area (Å²) in [6.07, 6.45) is -11.4. The van der Waals surface area contributed by atoms with Gasteiger partial charge >= 0.3 is 18.4 Å². The van der Waals surface area contributed by atoms with E-state index in [4.69, 9.17) is 14.5 Å². The number of cyclic esters (lactones) is 1. The molecule has 242 valence electrons. The molecule has 4 heterocycles. The van der Waals surface area contributed by atoms with Crippen molar-refractivity contribution in [3.05, 3.63) is 82.0 Å². The third kappa shape index (κ3) is 6.09. The van der Waals surface area contributed by atoms with Gasteiger partial charge in [0.25, 0.3) is 0 Å². The molecule has 0 saturated carbocycles. The number of alkyl halides is 6. The van der Waals surface area contributed by atoms with Gasteiger partial charge in [0.2, 0.25) is 0 Å². The van der Waals surface area contributed by atoms with Crippen LogP contribution in [0.15, 0.2) is 53.9 Å². The first kappa shape index (κ1) is 31.6. The quantitative estimate of drug-likeness (QED) is 0.185. The number of aromatic nitrogens is 2. The maximum absolute atomic E-state index is 13.6. The van der Waals surface area contributed by atoms with Crippen molar-refractivity contribution in [1.82, 2.24) is 14.9 Å². The Morgan fingerprint density at radius 3 is 2.22 bits per heavy atom. The van der Waals surface area contributed by atoms with Crippen LogP contribution in [-0.4, -0.2) is 47.2 Å². The molecule has 0 spiro atoms. The average Bonchev–Trinajstić information content (AvgIpc) is 3.53. The molecule has 0 bridgehead atoms. The van der Waals surface area contributed by atoms with E-state index in [-0.39, 0.29) is 12.6 Å². The lowest BCUT2D eigenvalue weighted by molar-refractivity contribution is -0.143. The van der Waals surface area contributed by atoms with Crippen LogP contribution in [0.4, 0.5) is 37.0 Å². The molecule has 2 atom stereocenters. The van der Waals surface area contributed by atoms with Gasteiger partial charge in [-0.3, -0.25) is 4.90 Å². The second-order valence-electron chi connectivity index (χ2n) is 11.2. The van der Waals surface area contributed by atoms with Crippen molar-refractivity contribution in [1.29, 1.82) is 0 Å². The van der Waals surface area contributed by atoms with E-state index in [1.165, 1.54) is 30.3 Å². The standard InChI is InChI=1S/C32H28F6N4O3S/c1-17-16-46-29(39-17)19-5-7-26(44-3)24(13-19)23-6-8-27(41-9-4-10-41)40-25(23)15-42-18(2)28(45-30(42)43)20-11-21(31(33,34)35)14-22(12-20)32(36,37)38/h5-8,11-14,16,18,28H,4,9-10,15H2,1-3H3/t18?,28-/m0/s1. The van der Waals surface area contributed by atoms with Gasteiger partial charge in [0, 0.05) is 40.9 Å². The fourth-order valence-electron chi connectivity index (χ4n) is 5.58. The average molecular weight is 663 g/mol. The van der Waals surface area contributed by atoms with Crippen LogP contribution in [0, 0.1) is 6.92 Å². The normalized spacial score (nSPS) is 18.5. The summed E-state index contributed by atoms with van der Waals surface area (Å²) in [7, 11) is 1.53. The van der Waals surface area contributed by atoms with E-state index in [9.17, 15) is 31.1 Å². The fraction of sp³-hybridized carbons (Fsp3) is 0.344. The number of carbonyl (C=O) groups excluding carboxylic acids is 1. The molecule has 7 nitrogen and oxygen atoms in total. The SMILES string of the molecule is COc1ccc(-c2nc(C)cs2)cc1-c1ccc(N2CCC2)nc1CN1C(=O)O[C@H](c2cc(C(F)(F)F)cc(C(F)(F)F)c2)C1C. The number of methoxy groups -OCH3 is 1. The second kappa shape index (κ2) is 11.8. The Morgan fingerprint density at radius 2 is 1.65 bits per heavy atom. The molecule has 6 rings (SSSR count). The first-order chi connectivity index (χ1) is 21.7. The minimum atomic E-state index is -5.04. The highest BCUT2D eigenvalue weighted by atomic mass is 32.1. The fourth-order valence-corrected chi connectivity index (χ4v) is 6.37. The van der Waals surface area contributed by atoms with Gasteiger partial charge < -0.3 is 14.4 Å². The van der Waals surface area contributed by atoms with Crippen LogP contribution < -0.4 is 9.64 Å².